The first-order chi connectivity index (χ1) is 9.61. The molecule has 1 saturated carbocycles. The largest absolute Gasteiger partial charge is 0.326 e. The molecule has 2 aromatic carbocycles. The van der Waals surface area contributed by atoms with Gasteiger partial charge in [0.2, 0.25) is 9.84 Å². The van der Waals surface area contributed by atoms with Gasteiger partial charge in [0.25, 0.3) is 0 Å². The van der Waals surface area contributed by atoms with Crippen LogP contribution in [0.15, 0.2) is 58.3 Å². The lowest BCUT2D eigenvalue weighted by Crippen LogP contribution is -2.03. The van der Waals surface area contributed by atoms with Crippen molar-refractivity contribution in [1.82, 2.24) is 0 Å². The molecule has 2 aromatic rings. The molecule has 0 heterocycles. The van der Waals surface area contributed by atoms with Gasteiger partial charge in [0.15, 0.2) is 0 Å². The van der Waals surface area contributed by atoms with E-state index in [2.05, 4.69) is 0 Å². The molecule has 0 spiro atoms. The van der Waals surface area contributed by atoms with E-state index in [1.165, 1.54) is 18.4 Å². The second-order valence-electron chi connectivity index (χ2n) is 5.19. The molecule has 1 aliphatic rings. The van der Waals surface area contributed by atoms with Gasteiger partial charge in [0, 0.05) is 6.54 Å². The minimum absolute atomic E-state index is 0.314. The van der Waals surface area contributed by atoms with Gasteiger partial charge in [-0.2, -0.15) is 0 Å². The highest BCUT2D eigenvalue weighted by atomic mass is 32.2. The Kier molecular flexibility index (Phi) is 3.36. The summed E-state index contributed by atoms with van der Waals surface area (Å²) in [5.74, 6) is 0.635. The topological polar surface area (TPSA) is 60.2 Å². The molecule has 2 N–H and O–H groups in total. The fourth-order valence-corrected chi connectivity index (χ4v) is 3.54. The predicted octanol–water partition coefficient (Wildman–Crippen LogP) is 2.86. The SMILES string of the molecule is NCc1ccc(S(=O)(=O)c2ccc(C3CC3)cc2)cc1. The van der Waals surface area contributed by atoms with E-state index >= 15 is 0 Å². The van der Waals surface area contributed by atoms with Gasteiger partial charge in [-0.15, -0.1) is 0 Å². The normalized spacial score (nSPS) is 15.2. The summed E-state index contributed by atoms with van der Waals surface area (Å²) in [6.45, 7) is 0.413. The Morgan fingerprint density at radius 1 is 0.900 bits per heavy atom. The van der Waals surface area contributed by atoms with Crippen molar-refractivity contribution < 1.29 is 8.42 Å². The summed E-state index contributed by atoms with van der Waals surface area (Å²) in [6, 6.07) is 14.0. The number of hydrogen-bond acceptors (Lipinski definition) is 3. The molecule has 4 heteroatoms. The number of sulfone groups is 1. The van der Waals surface area contributed by atoms with E-state index in [9.17, 15) is 8.42 Å². The maximum atomic E-state index is 12.5. The van der Waals surface area contributed by atoms with Gasteiger partial charge in [-0.3, -0.25) is 0 Å². The van der Waals surface area contributed by atoms with Crippen LogP contribution >= 0.6 is 0 Å². The molecular formula is C16H17NO2S. The van der Waals surface area contributed by atoms with Crippen LogP contribution in [0.5, 0.6) is 0 Å². The highest BCUT2D eigenvalue weighted by molar-refractivity contribution is 7.91. The van der Waals surface area contributed by atoms with Gasteiger partial charge in [0.05, 0.1) is 9.79 Å². The zero-order valence-corrected chi connectivity index (χ0v) is 11.9. The predicted molar refractivity (Wildman–Crippen MR) is 78.2 cm³/mol. The van der Waals surface area contributed by atoms with Crippen LogP contribution in [0, 0.1) is 0 Å². The summed E-state index contributed by atoms with van der Waals surface area (Å²) in [5.41, 5.74) is 7.68. The molecular weight excluding hydrogens is 270 g/mol. The molecule has 0 unspecified atom stereocenters. The van der Waals surface area contributed by atoms with E-state index in [1.807, 2.05) is 12.1 Å². The molecule has 0 radical (unpaired) electrons. The summed E-state index contributed by atoms with van der Waals surface area (Å²) in [6.07, 6.45) is 2.43. The first kappa shape index (κ1) is 13.3. The smallest absolute Gasteiger partial charge is 0.206 e. The summed E-state index contributed by atoms with van der Waals surface area (Å²) in [4.78, 5) is 0.663. The molecule has 0 aromatic heterocycles. The number of nitrogens with two attached hydrogens (primary N) is 1. The van der Waals surface area contributed by atoms with Crippen molar-refractivity contribution in [2.75, 3.05) is 0 Å². The van der Waals surface area contributed by atoms with Crippen LogP contribution in [-0.4, -0.2) is 8.42 Å². The van der Waals surface area contributed by atoms with Crippen molar-refractivity contribution in [3.8, 4) is 0 Å². The maximum Gasteiger partial charge on any atom is 0.206 e. The molecule has 1 fully saturated rings. The number of rotatable bonds is 4. The van der Waals surface area contributed by atoms with Crippen LogP contribution in [0.2, 0.25) is 0 Å². The van der Waals surface area contributed by atoms with E-state index < -0.39 is 9.84 Å². The number of benzene rings is 2. The quantitative estimate of drug-likeness (QED) is 0.940. The fraction of sp³-hybridized carbons (Fsp3) is 0.250. The van der Waals surface area contributed by atoms with Gasteiger partial charge in [-0.1, -0.05) is 24.3 Å². The minimum Gasteiger partial charge on any atom is -0.326 e. The molecule has 104 valence electrons. The van der Waals surface area contributed by atoms with Crippen molar-refractivity contribution in [3.63, 3.8) is 0 Å². The van der Waals surface area contributed by atoms with Crippen LogP contribution in [0.4, 0.5) is 0 Å². The Balaban J connectivity index is 1.93. The molecule has 0 saturated heterocycles. The summed E-state index contributed by atoms with van der Waals surface area (Å²) >= 11 is 0. The fourth-order valence-electron chi connectivity index (χ4n) is 2.28. The third-order valence-electron chi connectivity index (χ3n) is 3.71. The van der Waals surface area contributed by atoms with E-state index in [-0.39, 0.29) is 0 Å². The van der Waals surface area contributed by atoms with Crippen molar-refractivity contribution in [1.29, 1.82) is 0 Å². The van der Waals surface area contributed by atoms with Crippen molar-refractivity contribution in [3.05, 3.63) is 59.7 Å². The van der Waals surface area contributed by atoms with Crippen LogP contribution in [-0.2, 0) is 16.4 Å². The standard InChI is InChI=1S/C16H17NO2S/c17-11-12-1-7-15(8-2-12)20(18,19)16-9-5-14(6-10-16)13-3-4-13/h1-2,5-10,13H,3-4,11,17H2. The molecule has 1 aliphatic carbocycles. The second-order valence-corrected chi connectivity index (χ2v) is 7.14. The zero-order valence-electron chi connectivity index (χ0n) is 11.1. The summed E-state index contributed by atoms with van der Waals surface area (Å²) in [7, 11) is -3.43. The lowest BCUT2D eigenvalue weighted by atomic mass is 10.1. The molecule has 0 amide bonds. The van der Waals surface area contributed by atoms with Crippen LogP contribution in [0.25, 0.3) is 0 Å². The maximum absolute atomic E-state index is 12.5. The van der Waals surface area contributed by atoms with Crippen molar-refractivity contribution in [2.45, 2.75) is 35.1 Å². The Hall–Kier alpha value is -1.65. The van der Waals surface area contributed by atoms with Crippen LogP contribution in [0.3, 0.4) is 0 Å². The average molecular weight is 287 g/mol. The van der Waals surface area contributed by atoms with E-state index in [1.54, 1.807) is 36.4 Å². The van der Waals surface area contributed by atoms with Crippen LogP contribution in [0.1, 0.15) is 29.9 Å². The molecule has 0 atom stereocenters. The van der Waals surface area contributed by atoms with Gasteiger partial charge < -0.3 is 5.73 Å². The number of hydrogen-bond donors (Lipinski definition) is 1. The average Bonchev–Trinajstić information content (AvgIpc) is 3.32. The van der Waals surface area contributed by atoms with E-state index in [0.717, 1.165) is 5.56 Å². The van der Waals surface area contributed by atoms with E-state index in [4.69, 9.17) is 5.73 Å². The Bertz CT molecular complexity index is 699. The molecule has 0 aliphatic heterocycles. The minimum atomic E-state index is -3.43. The third kappa shape index (κ3) is 2.49. The van der Waals surface area contributed by atoms with Crippen molar-refractivity contribution >= 4 is 9.84 Å². The lowest BCUT2D eigenvalue weighted by molar-refractivity contribution is 0.596. The summed E-state index contributed by atoms with van der Waals surface area (Å²) in [5, 5.41) is 0. The second kappa shape index (κ2) is 5.04. The molecule has 3 rings (SSSR count). The Labute approximate surface area is 119 Å². The lowest BCUT2D eigenvalue weighted by Gasteiger charge is -2.06. The zero-order chi connectivity index (χ0) is 14.2. The highest BCUT2D eigenvalue weighted by Gasteiger charge is 2.24. The molecule has 3 nitrogen and oxygen atoms in total. The third-order valence-corrected chi connectivity index (χ3v) is 5.49. The Morgan fingerprint density at radius 2 is 1.40 bits per heavy atom. The van der Waals surface area contributed by atoms with Gasteiger partial charge >= 0.3 is 0 Å². The van der Waals surface area contributed by atoms with Crippen LogP contribution < -0.4 is 5.73 Å². The van der Waals surface area contributed by atoms with Gasteiger partial charge in [-0.05, 0) is 54.2 Å². The first-order valence-corrected chi connectivity index (χ1v) is 8.23. The first-order valence-electron chi connectivity index (χ1n) is 6.75. The summed E-state index contributed by atoms with van der Waals surface area (Å²) < 4.78 is 25.0. The molecule has 20 heavy (non-hydrogen) atoms. The van der Waals surface area contributed by atoms with Crippen molar-refractivity contribution in [2.24, 2.45) is 5.73 Å². The molecule has 0 bridgehead atoms. The highest BCUT2D eigenvalue weighted by Crippen LogP contribution is 2.40. The van der Waals surface area contributed by atoms with Gasteiger partial charge in [0.1, 0.15) is 0 Å². The van der Waals surface area contributed by atoms with E-state index in [0.29, 0.717) is 22.3 Å². The van der Waals surface area contributed by atoms with Gasteiger partial charge in [-0.25, -0.2) is 8.42 Å². The monoisotopic (exact) mass is 287 g/mol. The Morgan fingerprint density at radius 3 is 1.85 bits per heavy atom.